The highest BCUT2D eigenvalue weighted by Crippen LogP contribution is 2.23. The van der Waals surface area contributed by atoms with Gasteiger partial charge in [-0.25, -0.2) is 9.78 Å². The summed E-state index contributed by atoms with van der Waals surface area (Å²) in [5.74, 6) is 0.107. The van der Waals surface area contributed by atoms with Crippen LogP contribution in [0.15, 0.2) is 18.3 Å². The van der Waals surface area contributed by atoms with E-state index in [1.165, 1.54) is 0 Å². The maximum atomic E-state index is 11.8. The topological polar surface area (TPSA) is 71.5 Å². The molecule has 0 bridgehead atoms. The van der Waals surface area contributed by atoms with Crippen molar-refractivity contribution in [1.29, 1.82) is 0 Å². The second-order valence-corrected chi connectivity index (χ2v) is 4.72. The predicted octanol–water partition coefficient (Wildman–Crippen LogP) is 1.97. The van der Waals surface area contributed by atoms with Gasteiger partial charge in [0.05, 0.1) is 18.8 Å². The van der Waals surface area contributed by atoms with E-state index in [2.05, 4.69) is 10.3 Å². The minimum atomic E-state index is -0.386. The number of rotatable bonds is 4. The number of ether oxygens (including phenoxy) is 1. The number of aliphatic hydroxyl groups is 1. The minimum absolute atomic E-state index is 0.0446. The number of hydrogen-bond acceptors (Lipinski definition) is 5. The summed E-state index contributed by atoms with van der Waals surface area (Å²) < 4.78 is 5.00. The average Bonchev–Trinajstić information content (AvgIpc) is 2.42. The Morgan fingerprint density at radius 3 is 3.05 bits per heavy atom. The van der Waals surface area contributed by atoms with Gasteiger partial charge < -0.3 is 15.2 Å². The normalized spacial score (nSPS) is 22.8. The lowest BCUT2D eigenvalue weighted by Crippen LogP contribution is -2.37. The molecule has 1 aromatic rings. The van der Waals surface area contributed by atoms with Crippen molar-refractivity contribution in [3.05, 3.63) is 23.9 Å². The summed E-state index contributed by atoms with van der Waals surface area (Å²) in [6.07, 6.45) is 5.05. The molecule has 1 fully saturated rings. The van der Waals surface area contributed by atoms with Gasteiger partial charge in [0.2, 0.25) is 0 Å². The molecule has 1 saturated carbocycles. The fourth-order valence-electron chi connectivity index (χ4n) is 2.35. The van der Waals surface area contributed by atoms with E-state index in [4.69, 9.17) is 4.74 Å². The lowest BCUT2D eigenvalue weighted by Gasteiger charge is -2.29. The third-order valence-electron chi connectivity index (χ3n) is 3.35. The number of esters is 1. The van der Waals surface area contributed by atoms with Crippen LogP contribution >= 0.6 is 0 Å². The zero-order chi connectivity index (χ0) is 13.7. The Morgan fingerprint density at radius 2 is 2.32 bits per heavy atom. The van der Waals surface area contributed by atoms with Crippen molar-refractivity contribution >= 4 is 11.8 Å². The molecule has 1 aliphatic rings. The van der Waals surface area contributed by atoms with E-state index in [0.717, 1.165) is 25.7 Å². The number of hydrogen-bond donors (Lipinski definition) is 2. The first-order valence-electron chi connectivity index (χ1n) is 6.79. The predicted molar refractivity (Wildman–Crippen MR) is 72.1 cm³/mol. The maximum absolute atomic E-state index is 11.8. The monoisotopic (exact) mass is 264 g/mol. The molecule has 0 amide bonds. The SMILES string of the molecule is CCOC(=O)c1cccnc1NC1CCCCC1O. The summed E-state index contributed by atoms with van der Waals surface area (Å²) in [4.78, 5) is 16.0. The quantitative estimate of drug-likeness (QED) is 0.814. The second kappa shape index (κ2) is 6.52. The van der Waals surface area contributed by atoms with Crippen LogP contribution in [0.25, 0.3) is 0 Å². The molecular weight excluding hydrogens is 244 g/mol. The smallest absolute Gasteiger partial charge is 0.341 e. The molecule has 2 unspecified atom stereocenters. The van der Waals surface area contributed by atoms with Crippen molar-refractivity contribution in [2.75, 3.05) is 11.9 Å². The van der Waals surface area contributed by atoms with Crippen molar-refractivity contribution in [2.24, 2.45) is 0 Å². The van der Waals surface area contributed by atoms with Crippen LogP contribution < -0.4 is 5.32 Å². The van der Waals surface area contributed by atoms with Crippen molar-refractivity contribution in [1.82, 2.24) is 4.98 Å². The van der Waals surface area contributed by atoms with E-state index in [1.54, 1.807) is 25.3 Å². The number of pyridine rings is 1. The maximum Gasteiger partial charge on any atom is 0.341 e. The Hall–Kier alpha value is -1.62. The van der Waals surface area contributed by atoms with Crippen LogP contribution in [0, 0.1) is 0 Å². The van der Waals surface area contributed by atoms with Gasteiger partial charge in [-0.15, -0.1) is 0 Å². The van der Waals surface area contributed by atoms with Gasteiger partial charge in [0.1, 0.15) is 11.4 Å². The number of anilines is 1. The van der Waals surface area contributed by atoms with Crippen molar-refractivity contribution in [2.45, 2.75) is 44.8 Å². The zero-order valence-corrected chi connectivity index (χ0v) is 11.1. The molecule has 19 heavy (non-hydrogen) atoms. The minimum Gasteiger partial charge on any atom is -0.462 e. The lowest BCUT2D eigenvalue weighted by atomic mass is 9.92. The number of nitrogens with zero attached hydrogens (tertiary/aromatic N) is 1. The molecule has 0 spiro atoms. The number of nitrogens with one attached hydrogen (secondary N) is 1. The lowest BCUT2D eigenvalue weighted by molar-refractivity contribution is 0.0526. The molecule has 0 aromatic carbocycles. The Kier molecular flexibility index (Phi) is 4.74. The molecule has 0 aliphatic heterocycles. The van der Waals surface area contributed by atoms with E-state index in [9.17, 15) is 9.90 Å². The van der Waals surface area contributed by atoms with Gasteiger partial charge in [-0.1, -0.05) is 12.8 Å². The highest BCUT2D eigenvalue weighted by atomic mass is 16.5. The fraction of sp³-hybridized carbons (Fsp3) is 0.571. The van der Waals surface area contributed by atoms with Crippen molar-refractivity contribution in [3.63, 3.8) is 0 Å². The fourth-order valence-corrected chi connectivity index (χ4v) is 2.35. The molecule has 1 aliphatic carbocycles. The van der Waals surface area contributed by atoms with Gasteiger partial charge in [0.15, 0.2) is 0 Å². The third kappa shape index (κ3) is 3.44. The first-order chi connectivity index (χ1) is 9.22. The molecule has 104 valence electrons. The Labute approximate surface area is 113 Å². The third-order valence-corrected chi connectivity index (χ3v) is 3.35. The van der Waals surface area contributed by atoms with Crippen LogP contribution in [-0.4, -0.2) is 34.8 Å². The Bertz CT molecular complexity index is 436. The average molecular weight is 264 g/mol. The molecule has 0 saturated heterocycles. The van der Waals surface area contributed by atoms with Crippen LogP contribution in [0.2, 0.25) is 0 Å². The number of carbonyl (C=O) groups is 1. The Balaban J connectivity index is 2.13. The van der Waals surface area contributed by atoms with Gasteiger partial charge in [-0.3, -0.25) is 0 Å². The van der Waals surface area contributed by atoms with E-state index in [1.807, 2.05) is 0 Å². The van der Waals surface area contributed by atoms with E-state index < -0.39 is 0 Å². The van der Waals surface area contributed by atoms with Crippen molar-refractivity contribution < 1.29 is 14.6 Å². The zero-order valence-electron chi connectivity index (χ0n) is 11.1. The summed E-state index contributed by atoms with van der Waals surface area (Å²) in [6, 6.07) is 3.34. The molecule has 1 aromatic heterocycles. The Morgan fingerprint density at radius 1 is 1.53 bits per heavy atom. The highest BCUT2D eigenvalue weighted by Gasteiger charge is 2.25. The largest absolute Gasteiger partial charge is 0.462 e. The van der Waals surface area contributed by atoms with Gasteiger partial charge in [-0.05, 0) is 31.9 Å². The summed E-state index contributed by atoms with van der Waals surface area (Å²) in [5, 5.41) is 13.1. The molecule has 5 nitrogen and oxygen atoms in total. The van der Waals surface area contributed by atoms with Crippen LogP contribution in [0.3, 0.4) is 0 Å². The molecule has 1 heterocycles. The van der Waals surface area contributed by atoms with Crippen LogP contribution in [0.4, 0.5) is 5.82 Å². The molecule has 2 atom stereocenters. The molecule has 5 heteroatoms. The number of aliphatic hydroxyl groups excluding tert-OH is 1. The first kappa shape index (κ1) is 13.8. The van der Waals surface area contributed by atoms with Gasteiger partial charge in [0.25, 0.3) is 0 Å². The summed E-state index contributed by atoms with van der Waals surface area (Å²) in [7, 11) is 0. The van der Waals surface area contributed by atoms with E-state index in [-0.39, 0.29) is 18.1 Å². The first-order valence-corrected chi connectivity index (χ1v) is 6.79. The van der Waals surface area contributed by atoms with Gasteiger partial charge >= 0.3 is 5.97 Å². The number of aromatic nitrogens is 1. The standard InChI is InChI=1S/C14H20N2O3/c1-2-19-14(18)10-6-5-9-15-13(10)16-11-7-3-4-8-12(11)17/h5-6,9,11-12,17H,2-4,7-8H2,1H3,(H,15,16). The van der Waals surface area contributed by atoms with Crippen LogP contribution in [0.1, 0.15) is 43.0 Å². The molecule has 2 rings (SSSR count). The molecule has 0 radical (unpaired) electrons. The molecule has 2 N–H and O–H groups in total. The highest BCUT2D eigenvalue weighted by molar-refractivity contribution is 5.94. The molecular formula is C14H20N2O3. The number of carbonyl (C=O) groups excluding carboxylic acids is 1. The summed E-state index contributed by atoms with van der Waals surface area (Å²) in [6.45, 7) is 2.10. The van der Waals surface area contributed by atoms with Crippen LogP contribution in [-0.2, 0) is 4.74 Å². The summed E-state index contributed by atoms with van der Waals surface area (Å²) >= 11 is 0. The van der Waals surface area contributed by atoms with E-state index >= 15 is 0 Å². The van der Waals surface area contributed by atoms with Crippen molar-refractivity contribution in [3.8, 4) is 0 Å². The second-order valence-electron chi connectivity index (χ2n) is 4.72. The van der Waals surface area contributed by atoms with Gasteiger partial charge in [0, 0.05) is 6.20 Å². The van der Waals surface area contributed by atoms with E-state index in [0.29, 0.717) is 18.0 Å². The van der Waals surface area contributed by atoms with Crippen LogP contribution in [0.5, 0.6) is 0 Å². The summed E-state index contributed by atoms with van der Waals surface area (Å²) in [5.41, 5.74) is 0.419. The van der Waals surface area contributed by atoms with Gasteiger partial charge in [-0.2, -0.15) is 0 Å².